The molecule has 4 heteroatoms. The first-order valence-corrected chi connectivity index (χ1v) is 6.84. The summed E-state index contributed by atoms with van der Waals surface area (Å²) in [6.45, 7) is 4.73. The maximum atomic E-state index is 5.95. The summed E-state index contributed by atoms with van der Waals surface area (Å²) in [5, 5.41) is 0. The first kappa shape index (κ1) is 12.4. The van der Waals surface area contributed by atoms with E-state index in [1.54, 1.807) is 0 Å². The quantitative estimate of drug-likeness (QED) is 0.900. The largest absolute Gasteiger partial charge is 0.333 e. The topological polar surface area (TPSA) is 47.1 Å². The number of hydrogen-bond donors (Lipinski definition) is 1. The van der Waals surface area contributed by atoms with Crippen molar-refractivity contribution >= 4 is 0 Å². The predicted octanol–water partition coefficient (Wildman–Crippen LogP) is 1.44. The van der Waals surface area contributed by atoms with Gasteiger partial charge in [-0.25, -0.2) is 4.98 Å². The smallest absolute Gasteiger partial charge is 0.122 e. The van der Waals surface area contributed by atoms with E-state index in [4.69, 9.17) is 5.73 Å². The van der Waals surface area contributed by atoms with Crippen molar-refractivity contribution in [2.75, 3.05) is 19.6 Å². The molecule has 0 bridgehead atoms. The van der Waals surface area contributed by atoms with E-state index in [2.05, 4.69) is 51.0 Å². The molecule has 4 nitrogen and oxygen atoms in total. The Kier molecular flexibility index (Phi) is 3.62. The Morgan fingerprint density at radius 3 is 2.84 bits per heavy atom. The van der Waals surface area contributed by atoms with Crippen molar-refractivity contribution < 1.29 is 0 Å². The second-order valence-corrected chi connectivity index (χ2v) is 5.12. The molecule has 3 rings (SSSR count). The normalized spacial score (nSPS) is 17.1. The molecule has 0 spiro atoms. The lowest BCUT2D eigenvalue weighted by molar-refractivity contribution is 0.205. The van der Waals surface area contributed by atoms with Crippen LogP contribution >= 0.6 is 0 Å². The minimum absolute atomic E-state index is 0.405. The molecule has 2 aromatic rings. The summed E-state index contributed by atoms with van der Waals surface area (Å²) in [6, 6.07) is 10.6. The lowest BCUT2D eigenvalue weighted by Crippen LogP contribution is -2.38. The predicted molar refractivity (Wildman–Crippen MR) is 75.7 cm³/mol. The van der Waals surface area contributed by atoms with E-state index < -0.39 is 0 Å². The van der Waals surface area contributed by atoms with E-state index in [1.807, 2.05) is 6.20 Å². The number of nitrogens with two attached hydrogens (primary N) is 1. The average Bonchev–Trinajstić information content (AvgIpc) is 2.93. The zero-order valence-electron chi connectivity index (χ0n) is 11.1. The number of fused-ring (bicyclic) bond motifs is 1. The molecule has 0 saturated heterocycles. The van der Waals surface area contributed by atoms with Crippen LogP contribution in [0.1, 0.15) is 17.3 Å². The van der Waals surface area contributed by atoms with Crippen LogP contribution in [0.25, 0.3) is 0 Å². The molecule has 1 atom stereocenters. The highest BCUT2D eigenvalue weighted by Gasteiger charge is 2.20. The summed E-state index contributed by atoms with van der Waals surface area (Å²) in [5.41, 5.74) is 7.28. The lowest BCUT2D eigenvalue weighted by atomic mass is 9.98. The monoisotopic (exact) mass is 256 g/mol. The molecule has 100 valence electrons. The van der Waals surface area contributed by atoms with Crippen molar-refractivity contribution in [1.82, 2.24) is 14.5 Å². The van der Waals surface area contributed by atoms with Crippen molar-refractivity contribution in [1.29, 1.82) is 0 Å². The molecule has 1 aromatic carbocycles. The number of nitrogens with zero attached hydrogens (tertiary/aromatic N) is 3. The molecule has 1 aromatic heterocycles. The van der Waals surface area contributed by atoms with Gasteiger partial charge in [0.1, 0.15) is 5.82 Å². The van der Waals surface area contributed by atoms with Gasteiger partial charge in [0.2, 0.25) is 0 Å². The summed E-state index contributed by atoms with van der Waals surface area (Å²) in [4.78, 5) is 6.85. The average molecular weight is 256 g/mol. The Bertz CT molecular complexity index is 520. The highest BCUT2D eigenvalue weighted by atomic mass is 15.2. The van der Waals surface area contributed by atoms with Crippen LogP contribution < -0.4 is 5.73 Å². The molecule has 1 unspecified atom stereocenters. The summed E-state index contributed by atoms with van der Waals surface area (Å²) in [7, 11) is 0. The van der Waals surface area contributed by atoms with Crippen molar-refractivity contribution in [2.24, 2.45) is 5.73 Å². The minimum atomic E-state index is 0.405. The standard InChI is InChI=1S/C15H20N4/c16-10-14(13-4-2-1-3-5-13)11-18-8-9-19-7-6-17-15(19)12-18/h1-7,14H,8-12,16H2. The third-order valence-electron chi connectivity index (χ3n) is 3.86. The maximum Gasteiger partial charge on any atom is 0.122 e. The van der Waals surface area contributed by atoms with Gasteiger partial charge in [-0.05, 0) is 5.56 Å². The van der Waals surface area contributed by atoms with Crippen LogP contribution in [0.2, 0.25) is 0 Å². The minimum Gasteiger partial charge on any atom is -0.333 e. The van der Waals surface area contributed by atoms with E-state index >= 15 is 0 Å². The molecule has 1 aliphatic rings. The Labute approximate surface area is 113 Å². The molecule has 0 fully saturated rings. The molecule has 1 aliphatic heterocycles. The molecular weight excluding hydrogens is 236 g/mol. The van der Waals surface area contributed by atoms with Crippen molar-refractivity contribution in [3.8, 4) is 0 Å². The molecule has 0 radical (unpaired) electrons. The molecule has 0 amide bonds. The van der Waals surface area contributed by atoms with Crippen LogP contribution in [0, 0.1) is 0 Å². The number of rotatable bonds is 4. The second kappa shape index (κ2) is 5.55. The maximum absolute atomic E-state index is 5.95. The van der Waals surface area contributed by atoms with Gasteiger partial charge in [0.05, 0.1) is 6.54 Å². The van der Waals surface area contributed by atoms with E-state index in [1.165, 1.54) is 5.56 Å². The van der Waals surface area contributed by atoms with Crippen LogP contribution in [-0.2, 0) is 13.1 Å². The van der Waals surface area contributed by atoms with Crippen LogP contribution in [0.3, 0.4) is 0 Å². The van der Waals surface area contributed by atoms with Gasteiger partial charge < -0.3 is 10.3 Å². The highest BCUT2D eigenvalue weighted by Crippen LogP contribution is 2.18. The zero-order valence-corrected chi connectivity index (χ0v) is 11.1. The second-order valence-electron chi connectivity index (χ2n) is 5.12. The van der Waals surface area contributed by atoms with Gasteiger partial charge in [-0.2, -0.15) is 0 Å². The number of aromatic nitrogens is 2. The van der Waals surface area contributed by atoms with Gasteiger partial charge in [0.25, 0.3) is 0 Å². The van der Waals surface area contributed by atoms with E-state index in [-0.39, 0.29) is 0 Å². The molecule has 0 saturated carbocycles. The summed E-state index contributed by atoms with van der Waals surface area (Å²) < 4.78 is 2.23. The Hall–Kier alpha value is -1.65. The fourth-order valence-electron chi connectivity index (χ4n) is 2.73. The van der Waals surface area contributed by atoms with Crippen LogP contribution in [0.4, 0.5) is 0 Å². The molecular formula is C15H20N4. The van der Waals surface area contributed by atoms with Gasteiger partial charge in [-0.1, -0.05) is 30.3 Å². The molecule has 2 N–H and O–H groups in total. The van der Waals surface area contributed by atoms with Gasteiger partial charge in [0.15, 0.2) is 0 Å². The number of benzene rings is 1. The van der Waals surface area contributed by atoms with Crippen molar-refractivity contribution in [2.45, 2.75) is 19.0 Å². The zero-order chi connectivity index (χ0) is 13.1. The van der Waals surface area contributed by atoms with Gasteiger partial charge >= 0.3 is 0 Å². The van der Waals surface area contributed by atoms with Crippen molar-refractivity contribution in [3.05, 3.63) is 54.1 Å². The first-order valence-electron chi connectivity index (χ1n) is 6.84. The Balaban J connectivity index is 1.68. The van der Waals surface area contributed by atoms with Crippen LogP contribution in [-0.4, -0.2) is 34.1 Å². The summed E-state index contributed by atoms with van der Waals surface area (Å²) in [5.74, 6) is 1.57. The van der Waals surface area contributed by atoms with Crippen LogP contribution in [0.15, 0.2) is 42.7 Å². The van der Waals surface area contributed by atoms with E-state index in [0.717, 1.165) is 32.0 Å². The fourth-order valence-corrected chi connectivity index (χ4v) is 2.73. The Morgan fingerprint density at radius 1 is 1.21 bits per heavy atom. The summed E-state index contributed by atoms with van der Waals surface area (Å²) >= 11 is 0. The molecule has 19 heavy (non-hydrogen) atoms. The highest BCUT2D eigenvalue weighted by molar-refractivity contribution is 5.20. The van der Waals surface area contributed by atoms with Gasteiger partial charge in [-0.3, -0.25) is 4.90 Å². The van der Waals surface area contributed by atoms with Gasteiger partial charge in [-0.15, -0.1) is 0 Å². The van der Waals surface area contributed by atoms with E-state index in [0.29, 0.717) is 12.5 Å². The fraction of sp³-hybridized carbons (Fsp3) is 0.400. The Morgan fingerprint density at radius 2 is 2.05 bits per heavy atom. The van der Waals surface area contributed by atoms with Crippen molar-refractivity contribution in [3.63, 3.8) is 0 Å². The number of imidazole rings is 1. The summed E-state index contributed by atoms with van der Waals surface area (Å²) in [6.07, 6.45) is 3.95. The van der Waals surface area contributed by atoms with Gasteiger partial charge in [0, 0.05) is 44.5 Å². The SMILES string of the molecule is NCC(CN1CCn2ccnc2C1)c1ccccc1. The third kappa shape index (κ3) is 2.69. The van der Waals surface area contributed by atoms with Crippen LogP contribution in [0.5, 0.6) is 0 Å². The molecule has 0 aliphatic carbocycles. The first-order chi connectivity index (χ1) is 9.36. The third-order valence-corrected chi connectivity index (χ3v) is 3.86. The van der Waals surface area contributed by atoms with E-state index in [9.17, 15) is 0 Å². The lowest BCUT2D eigenvalue weighted by Gasteiger charge is -2.30. The number of hydrogen-bond acceptors (Lipinski definition) is 3. The molecule has 2 heterocycles.